The van der Waals surface area contributed by atoms with Gasteiger partial charge in [0, 0.05) is 20.6 Å². The average molecular weight is 782 g/mol. The van der Waals surface area contributed by atoms with Crippen molar-refractivity contribution in [2.75, 3.05) is 13.7 Å². The van der Waals surface area contributed by atoms with Gasteiger partial charge in [-0.15, -0.1) is 0 Å². The maximum absolute atomic E-state index is 13.5. The molecule has 1 saturated heterocycles. The first-order valence-electron chi connectivity index (χ1n) is 19.3. The number of esters is 1. The largest absolute Gasteiger partial charge is 0.497 e. The quantitative estimate of drug-likeness (QED) is 0.103. The first kappa shape index (κ1) is 45.2. The van der Waals surface area contributed by atoms with Crippen molar-refractivity contribution in [3.63, 3.8) is 0 Å². The molecule has 2 heterocycles. The minimum atomic E-state index is -2.07. The molecule has 0 radical (unpaired) electrons. The lowest BCUT2D eigenvalue weighted by atomic mass is 9.95. The summed E-state index contributed by atoms with van der Waals surface area (Å²) in [4.78, 5) is 26.6. The molecule has 0 aromatic heterocycles. The number of alkyl carbamates (subject to hydrolysis) is 1. The third-order valence-electron chi connectivity index (χ3n) is 10.0. The lowest BCUT2D eigenvalue weighted by Gasteiger charge is -2.39. The van der Waals surface area contributed by atoms with Gasteiger partial charge in [-0.2, -0.15) is 0 Å². The Bertz CT molecular complexity index is 1520. The second-order valence-corrected chi connectivity index (χ2v) is 27.9. The minimum absolute atomic E-state index is 0.0228. The number of carbonyl (C=O) groups excluding carboxylic acids is 2. The van der Waals surface area contributed by atoms with Crippen LogP contribution >= 0.6 is 0 Å². The van der Waals surface area contributed by atoms with E-state index < -0.39 is 40.8 Å². The highest BCUT2D eigenvalue weighted by molar-refractivity contribution is 6.76. The lowest BCUT2D eigenvalue weighted by molar-refractivity contribution is -0.154. The normalized spacial score (nSPS) is 26.1. The summed E-state index contributed by atoms with van der Waals surface area (Å²) < 4.78 is 36.8. The van der Waals surface area contributed by atoms with Crippen LogP contribution in [0.2, 0.25) is 43.8 Å². The molecule has 2 aliphatic heterocycles. The standard InChI is InChI=1S/C43H67NO8Si2/c1-31-15-13-18-40(45)51-39(41(44-42(46)48-23-24-53(8,9)10)49-30-34-19-21-35(47-7)22-20-34)29-33(3)28-38-27-32(2)26-36(50-38)16-14-17-37(25-31)52-54(11,12)43(4,5)6/h13-15,17-22,28,36-39,41H,2,16,23-27,29-30H2,1,3-12H3,(H,44,46)/b17-14+,18-13+,31-15-,33-28+/t36-,37+,38-,39-,41-/m1/s1. The fraction of sp³-hybridized carbons (Fsp3) is 0.581. The zero-order chi connectivity index (χ0) is 40.1. The van der Waals surface area contributed by atoms with Crippen LogP contribution in [0.3, 0.4) is 0 Å². The minimum Gasteiger partial charge on any atom is -0.497 e. The molecular weight excluding hydrogens is 715 g/mol. The zero-order valence-electron chi connectivity index (χ0n) is 34.8. The second-order valence-electron chi connectivity index (χ2n) is 17.5. The Morgan fingerprint density at radius 1 is 1.02 bits per heavy atom. The lowest BCUT2D eigenvalue weighted by Crippen LogP contribution is -2.47. The molecule has 0 aliphatic carbocycles. The van der Waals surface area contributed by atoms with Gasteiger partial charge in [-0.05, 0) is 81.4 Å². The van der Waals surface area contributed by atoms with Gasteiger partial charge in [-0.1, -0.05) is 106 Å². The predicted molar refractivity (Wildman–Crippen MR) is 223 cm³/mol. The topological polar surface area (TPSA) is 102 Å². The molecule has 0 saturated carbocycles. The van der Waals surface area contributed by atoms with Gasteiger partial charge in [-0.25, -0.2) is 9.59 Å². The van der Waals surface area contributed by atoms with Gasteiger partial charge in [0.25, 0.3) is 0 Å². The highest BCUT2D eigenvalue weighted by Crippen LogP contribution is 2.38. The first-order chi connectivity index (χ1) is 25.2. The van der Waals surface area contributed by atoms with Gasteiger partial charge in [0.1, 0.15) is 5.75 Å². The molecule has 9 nitrogen and oxygen atoms in total. The van der Waals surface area contributed by atoms with E-state index in [0.717, 1.165) is 46.9 Å². The molecular formula is C43H67NO8Si2. The highest BCUT2D eigenvalue weighted by atomic mass is 28.4. The number of amides is 1. The smallest absolute Gasteiger partial charge is 0.409 e. The SMILES string of the molecule is C=C1C[C@H]2C/C=C/[C@H](O[Si](C)(C)C(C)(C)C)C/C(C)=C\C=C\C(=O)O[C@@H]([C@H](NC(=O)OCC[Si](C)(C)C)OCc3ccc(OC)cc3)C/C(C)=C/[C@@H](C1)O2. The highest BCUT2D eigenvalue weighted by Gasteiger charge is 2.39. The van der Waals surface area contributed by atoms with Crippen molar-refractivity contribution in [2.45, 2.75) is 148 Å². The van der Waals surface area contributed by atoms with E-state index >= 15 is 0 Å². The van der Waals surface area contributed by atoms with Crippen LogP contribution in [0.4, 0.5) is 4.79 Å². The summed E-state index contributed by atoms with van der Waals surface area (Å²) >= 11 is 0. The van der Waals surface area contributed by atoms with Gasteiger partial charge >= 0.3 is 12.1 Å². The summed E-state index contributed by atoms with van der Waals surface area (Å²) in [5.41, 5.74) is 3.98. The van der Waals surface area contributed by atoms with E-state index in [4.69, 9.17) is 28.1 Å². The van der Waals surface area contributed by atoms with E-state index in [0.29, 0.717) is 25.9 Å². The van der Waals surface area contributed by atoms with Gasteiger partial charge < -0.3 is 28.1 Å². The first-order valence-corrected chi connectivity index (χ1v) is 25.9. The fourth-order valence-electron chi connectivity index (χ4n) is 5.89. The summed E-state index contributed by atoms with van der Waals surface area (Å²) in [7, 11) is -1.90. The van der Waals surface area contributed by atoms with E-state index in [1.807, 2.05) is 44.2 Å². The summed E-state index contributed by atoms with van der Waals surface area (Å²) in [6.07, 6.45) is 11.8. The number of methoxy groups -OCH3 is 1. The maximum Gasteiger partial charge on any atom is 0.409 e. The predicted octanol–water partition coefficient (Wildman–Crippen LogP) is 10.2. The van der Waals surface area contributed by atoms with E-state index in [2.05, 4.69) is 83.6 Å². The van der Waals surface area contributed by atoms with Gasteiger partial charge in [0.05, 0.1) is 38.6 Å². The zero-order valence-corrected chi connectivity index (χ0v) is 36.8. The molecule has 2 bridgehead atoms. The Kier molecular flexibility index (Phi) is 17.2. The number of ether oxygens (including phenoxy) is 5. The van der Waals surface area contributed by atoms with Gasteiger partial charge in [0.2, 0.25) is 0 Å². The molecule has 1 aromatic carbocycles. The van der Waals surface area contributed by atoms with E-state index in [-0.39, 0.29) is 30.0 Å². The third kappa shape index (κ3) is 16.2. The van der Waals surface area contributed by atoms with Crippen molar-refractivity contribution in [2.24, 2.45) is 0 Å². The Morgan fingerprint density at radius 2 is 1.72 bits per heavy atom. The fourth-order valence-corrected chi connectivity index (χ4v) is 7.88. The van der Waals surface area contributed by atoms with Crippen LogP contribution in [-0.2, 0) is 34.8 Å². The number of rotatable bonds is 11. The van der Waals surface area contributed by atoms with E-state index in [1.54, 1.807) is 13.2 Å². The molecule has 0 unspecified atom stereocenters. The van der Waals surface area contributed by atoms with Crippen LogP contribution in [-0.4, -0.2) is 72.8 Å². The van der Waals surface area contributed by atoms with E-state index in [9.17, 15) is 9.59 Å². The number of carbonyl (C=O) groups is 2. The number of fused-ring (bicyclic) bond motifs is 2. The van der Waals surface area contributed by atoms with Crippen LogP contribution in [0, 0.1) is 0 Å². The third-order valence-corrected chi connectivity index (χ3v) is 16.3. The number of hydrogen-bond donors (Lipinski definition) is 1. The summed E-state index contributed by atoms with van der Waals surface area (Å²) in [5.74, 6) is 0.166. The van der Waals surface area contributed by atoms with Gasteiger partial charge in [0.15, 0.2) is 20.6 Å². The second kappa shape index (κ2) is 20.6. The molecule has 54 heavy (non-hydrogen) atoms. The van der Waals surface area contributed by atoms with Crippen molar-refractivity contribution < 1.29 is 37.7 Å². The maximum atomic E-state index is 13.5. The van der Waals surface area contributed by atoms with Crippen LogP contribution in [0.1, 0.15) is 72.3 Å². The van der Waals surface area contributed by atoms with E-state index in [1.165, 1.54) is 6.08 Å². The molecule has 300 valence electrons. The molecule has 1 fully saturated rings. The van der Waals surface area contributed by atoms with Crippen LogP contribution in [0.15, 0.2) is 84.0 Å². The van der Waals surface area contributed by atoms with Gasteiger partial charge in [-0.3, -0.25) is 5.32 Å². The molecule has 2 aliphatic rings. The molecule has 0 spiro atoms. The Balaban J connectivity index is 1.96. The monoisotopic (exact) mass is 781 g/mol. The molecule has 1 amide bonds. The molecule has 11 heteroatoms. The average Bonchev–Trinajstić information content (AvgIpc) is 3.04. The number of hydrogen-bond acceptors (Lipinski definition) is 8. The van der Waals surface area contributed by atoms with Crippen LogP contribution < -0.4 is 10.1 Å². The van der Waals surface area contributed by atoms with Crippen molar-refractivity contribution >= 4 is 28.5 Å². The Hall–Kier alpha value is -3.23. The number of benzene rings is 1. The molecule has 3 rings (SSSR count). The van der Waals surface area contributed by atoms with Crippen molar-refractivity contribution in [1.29, 1.82) is 0 Å². The molecule has 1 N–H and O–H groups in total. The summed E-state index contributed by atoms with van der Waals surface area (Å²) in [5, 5.41) is 2.93. The summed E-state index contributed by atoms with van der Waals surface area (Å²) in [6, 6.07) is 8.29. The molecule has 1 aromatic rings. The number of allylic oxidation sites excluding steroid dienone is 2. The molecule has 5 atom stereocenters. The van der Waals surface area contributed by atoms with Crippen LogP contribution in [0.5, 0.6) is 5.75 Å². The number of cyclic esters (lactones) is 1. The summed E-state index contributed by atoms with van der Waals surface area (Å²) in [6.45, 7) is 26.7. The van der Waals surface area contributed by atoms with Crippen molar-refractivity contribution in [3.05, 3.63) is 89.6 Å². The van der Waals surface area contributed by atoms with Crippen LogP contribution in [0.25, 0.3) is 0 Å². The Morgan fingerprint density at radius 3 is 2.37 bits per heavy atom. The number of nitrogens with one attached hydrogen (secondary N) is 1. The van der Waals surface area contributed by atoms with Crippen molar-refractivity contribution in [1.82, 2.24) is 5.32 Å². The van der Waals surface area contributed by atoms with Crippen molar-refractivity contribution in [3.8, 4) is 5.75 Å². The Labute approximate surface area is 327 Å².